The van der Waals surface area contributed by atoms with E-state index in [2.05, 4.69) is 5.32 Å². The van der Waals surface area contributed by atoms with E-state index in [1.165, 1.54) is 6.92 Å². The third-order valence-corrected chi connectivity index (χ3v) is 3.53. The lowest BCUT2D eigenvalue weighted by molar-refractivity contribution is -0.147. The van der Waals surface area contributed by atoms with Gasteiger partial charge in [0.25, 0.3) is 0 Å². The fraction of sp³-hybridized carbons (Fsp3) is 0.500. The maximum absolute atomic E-state index is 11.9. The molecule has 6 heteroatoms. The van der Waals surface area contributed by atoms with Crippen molar-refractivity contribution in [3.05, 3.63) is 29.8 Å². The molecule has 0 saturated carbocycles. The van der Waals surface area contributed by atoms with E-state index in [9.17, 15) is 19.2 Å². The number of ketones is 2. The average Bonchev–Trinajstić information content (AvgIpc) is 2.53. The molecule has 6 nitrogen and oxygen atoms in total. The first-order valence-electron chi connectivity index (χ1n) is 8.85. The number of Topliss-reactive ketones (excluding diaryl/α,β-unsaturated/α-hetero) is 2. The van der Waals surface area contributed by atoms with Crippen LogP contribution >= 0.6 is 0 Å². The second kappa shape index (κ2) is 11.2. The summed E-state index contributed by atoms with van der Waals surface area (Å²) >= 11 is 0. The standard InChI is InChI=1S/C20H27NO5.H2/c1-14(2)26-20(25)6-4-5-19(24)21-17-10-7-16(8-11-17)9-12-18(23)13-15(3)22;/h7-8,10-11,14H,4-6,9,12-13H2,1-3H3,(H,21,24);1H. The zero-order chi connectivity index (χ0) is 19.5. The number of carbonyl (C=O) groups excluding carboxylic acids is 4. The third-order valence-electron chi connectivity index (χ3n) is 3.53. The van der Waals surface area contributed by atoms with Gasteiger partial charge in [-0.3, -0.25) is 19.2 Å². The second-order valence-corrected chi connectivity index (χ2v) is 6.55. The number of nitrogens with one attached hydrogen (secondary N) is 1. The Labute approximate surface area is 155 Å². The van der Waals surface area contributed by atoms with Gasteiger partial charge in [-0.05, 0) is 51.3 Å². The van der Waals surface area contributed by atoms with Crippen molar-refractivity contribution in [2.24, 2.45) is 0 Å². The van der Waals surface area contributed by atoms with E-state index in [-0.39, 0.29) is 50.2 Å². The SMILES string of the molecule is CC(=O)CC(=O)CCc1ccc(NC(=O)CCCC(=O)OC(C)C)cc1.[HH]. The van der Waals surface area contributed by atoms with Gasteiger partial charge in [-0.25, -0.2) is 0 Å². The second-order valence-electron chi connectivity index (χ2n) is 6.55. The van der Waals surface area contributed by atoms with Gasteiger partial charge in [0.1, 0.15) is 11.6 Å². The quantitative estimate of drug-likeness (QED) is 0.480. The molecule has 0 unspecified atom stereocenters. The van der Waals surface area contributed by atoms with Gasteiger partial charge in [0.2, 0.25) is 5.91 Å². The van der Waals surface area contributed by atoms with E-state index < -0.39 is 0 Å². The molecule has 0 saturated heterocycles. The number of ether oxygens (including phenoxy) is 1. The van der Waals surface area contributed by atoms with Crippen LogP contribution in [0, 0.1) is 0 Å². The Balaban J connectivity index is 0.00000676. The highest BCUT2D eigenvalue weighted by Crippen LogP contribution is 2.13. The van der Waals surface area contributed by atoms with E-state index in [0.717, 1.165) is 5.56 Å². The summed E-state index contributed by atoms with van der Waals surface area (Å²) in [6.45, 7) is 4.98. The Morgan fingerprint density at radius 3 is 2.27 bits per heavy atom. The van der Waals surface area contributed by atoms with E-state index in [4.69, 9.17) is 4.74 Å². The topological polar surface area (TPSA) is 89.5 Å². The molecule has 0 heterocycles. The number of carbonyl (C=O) groups is 4. The van der Waals surface area contributed by atoms with Gasteiger partial charge in [0.15, 0.2) is 0 Å². The average molecular weight is 363 g/mol. The molecule has 1 aromatic rings. The fourth-order valence-electron chi connectivity index (χ4n) is 2.34. The molecule has 0 aliphatic heterocycles. The van der Waals surface area contributed by atoms with Crippen molar-refractivity contribution < 1.29 is 25.3 Å². The van der Waals surface area contributed by atoms with Crippen molar-refractivity contribution in [2.45, 2.75) is 65.4 Å². The van der Waals surface area contributed by atoms with Gasteiger partial charge >= 0.3 is 5.97 Å². The Morgan fingerprint density at radius 1 is 1.04 bits per heavy atom. The molecule has 1 N–H and O–H groups in total. The lowest BCUT2D eigenvalue weighted by Gasteiger charge is -2.08. The van der Waals surface area contributed by atoms with Gasteiger partial charge in [0.05, 0.1) is 12.5 Å². The van der Waals surface area contributed by atoms with Gasteiger partial charge in [0, 0.05) is 26.4 Å². The predicted octanol–water partition coefficient (Wildman–Crippen LogP) is 3.47. The summed E-state index contributed by atoms with van der Waals surface area (Å²) in [6.07, 6.45) is 1.64. The predicted molar refractivity (Wildman–Crippen MR) is 101 cm³/mol. The van der Waals surface area contributed by atoms with Crippen molar-refractivity contribution in [1.29, 1.82) is 0 Å². The summed E-state index contributed by atoms with van der Waals surface area (Å²) in [5, 5.41) is 2.77. The molecular formula is C20H29NO5. The van der Waals surface area contributed by atoms with Crippen molar-refractivity contribution in [3.8, 4) is 0 Å². The summed E-state index contributed by atoms with van der Waals surface area (Å²) in [6, 6.07) is 7.23. The minimum absolute atomic E-state index is 0. The molecule has 0 aliphatic rings. The highest BCUT2D eigenvalue weighted by molar-refractivity contribution is 5.98. The van der Waals surface area contributed by atoms with Crippen LogP contribution in [-0.4, -0.2) is 29.5 Å². The minimum atomic E-state index is -0.295. The first-order chi connectivity index (χ1) is 12.3. The number of amides is 1. The first-order valence-corrected chi connectivity index (χ1v) is 8.85. The number of rotatable bonds is 11. The maximum Gasteiger partial charge on any atom is 0.306 e. The molecule has 0 aliphatic carbocycles. The van der Waals surface area contributed by atoms with Gasteiger partial charge in [-0.15, -0.1) is 0 Å². The largest absolute Gasteiger partial charge is 0.463 e. The van der Waals surface area contributed by atoms with Crippen molar-refractivity contribution >= 4 is 29.1 Å². The van der Waals surface area contributed by atoms with Crippen LogP contribution in [-0.2, 0) is 30.3 Å². The first kappa shape index (κ1) is 21.5. The van der Waals surface area contributed by atoms with Crippen LogP contribution in [0.4, 0.5) is 5.69 Å². The molecule has 0 aromatic heterocycles. The molecule has 26 heavy (non-hydrogen) atoms. The van der Waals surface area contributed by atoms with Gasteiger partial charge in [-0.1, -0.05) is 12.1 Å². The zero-order valence-corrected chi connectivity index (χ0v) is 15.7. The Bertz CT molecular complexity index is 640. The molecule has 0 spiro atoms. The van der Waals surface area contributed by atoms with Crippen molar-refractivity contribution in [1.82, 2.24) is 0 Å². The molecule has 144 valence electrons. The number of esters is 1. The highest BCUT2D eigenvalue weighted by atomic mass is 16.5. The highest BCUT2D eigenvalue weighted by Gasteiger charge is 2.09. The summed E-state index contributed by atoms with van der Waals surface area (Å²) in [4.78, 5) is 45.7. The smallest absolute Gasteiger partial charge is 0.306 e. The van der Waals surface area contributed by atoms with E-state index in [1.807, 2.05) is 12.1 Å². The van der Waals surface area contributed by atoms with Crippen molar-refractivity contribution in [2.75, 3.05) is 5.32 Å². The maximum atomic E-state index is 11.9. The molecule has 1 aromatic carbocycles. The van der Waals surface area contributed by atoms with Crippen LogP contribution in [0.15, 0.2) is 24.3 Å². The molecule has 1 rings (SSSR count). The molecule has 0 bridgehead atoms. The Morgan fingerprint density at radius 2 is 1.69 bits per heavy atom. The molecule has 1 amide bonds. The van der Waals surface area contributed by atoms with Gasteiger partial charge in [-0.2, -0.15) is 0 Å². The third kappa shape index (κ3) is 9.71. The minimum Gasteiger partial charge on any atom is -0.463 e. The molecule has 0 radical (unpaired) electrons. The summed E-state index contributed by atoms with van der Waals surface area (Å²) < 4.78 is 5.01. The molecular weight excluding hydrogens is 334 g/mol. The van der Waals surface area contributed by atoms with Crippen molar-refractivity contribution in [3.63, 3.8) is 0 Å². The van der Waals surface area contributed by atoms with Crippen LogP contribution in [0.2, 0.25) is 0 Å². The van der Waals surface area contributed by atoms with Crippen LogP contribution in [0.25, 0.3) is 0 Å². The number of hydrogen-bond acceptors (Lipinski definition) is 5. The summed E-state index contributed by atoms with van der Waals surface area (Å²) in [5.41, 5.74) is 1.63. The Kier molecular flexibility index (Phi) is 9.26. The number of anilines is 1. The van der Waals surface area contributed by atoms with Crippen LogP contribution in [0.1, 0.15) is 59.9 Å². The Hall–Kier alpha value is -2.50. The van der Waals surface area contributed by atoms with E-state index in [1.54, 1.807) is 26.0 Å². The van der Waals surface area contributed by atoms with Gasteiger partial charge < -0.3 is 10.1 Å². The number of aryl methyl sites for hydroxylation is 1. The number of benzene rings is 1. The zero-order valence-electron chi connectivity index (χ0n) is 15.7. The summed E-state index contributed by atoms with van der Waals surface area (Å²) in [7, 11) is 0. The number of hydrogen-bond donors (Lipinski definition) is 1. The lowest BCUT2D eigenvalue weighted by atomic mass is 10.0. The van der Waals surface area contributed by atoms with Crippen LogP contribution < -0.4 is 5.32 Å². The van der Waals surface area contributed by atoms with E-state index in [0.29, 0.717) is 24.9 Å². The fourth-order valence-corrected chi connectivity index (χ4v) is 2.34. The lowest BCUT2D eigenvalue weighted by Crippen LogP contribution is -2.14. The normalized spacial score (nSPS) is 10.5. The summed E-state index contributed by atoms with van der Waals surface area (Å²) in [5.74, 6) is -0.639. The molecule has 0 atom stereocenters. The van der Waals surface area contributed by atoms with E-state index >= 15 is 0 Å². The van der Waals surface area contributed by atoms with Crippen LogP contribution in [0.5, 0.6) is 0 Å². The van der Waals surface area contributed by atoms with Crippen LogP contribution in [0.3, 0.4) is 0 Å². The molecule has 0 fully saturated rings. The monoisotopic (exact) mass is 363 g/mol.